The van der Waals surface area contributed by atoms with Crippen molar-refractivity contribution < 1.29 is 23.1 Å². The number of hydrogen-bond donors (Lipinski definition) is 2. The number of aliphatic carboxylic acids is 1. The van der Waals surface area contributed by atoms with Crippen molar-refractivity contribution in [3.63, 3.8) is 0 Å². The maximum Gasteiger partial charge on any atom is 0.416 e. The van der Waals surface area contributed by atoms with E-state index in [1.807, 2.05) is 0 Å². The molecular formula is C9H8Cl2F3NO2. The van der Waals surface area contributed by atoms with Crippen LogP contribution in [-0.4, -0.2) is 11.1 Å². The highest BCUT2D eigenvalue weighted by Crippen LogP contribution is 2.36. The molecule has 0 bridgehead atoms. The number of nitrogen functional groups attached to an aromatic ring is 1. The van der Waals surface area contributed by atoms with Gasteiger partial charge in [0.2, 0.25) is 0 Å². The summed E-state index contributed by atoms with van der Waals surface area (Å²) in [5.74, 6) is -0.833. The van der Waals surface area contributed by atoms with Crippen LogP contribution >= 0.6 is 23.2 Å². The van der Waals surface area contributed by atoms with Crippen LogP contribution < -0.4 is 5.73 Å². The second kappa shape index (κ2) is 5.97. The Labute approximate surface area is 105 Å². The molecule has 0 amide bonds. The summed E-state index contributed by atoms with van der Waals surface area (Å²) < 4.78 is 36.4. The Kier molecular flexibility index (Phi) is 5.57. The second-order valence-corrected chi connectivity index (χ2v) is 3.68. The Bertz CT molecular complexity index is 394. The van der Waals surface area contributed by atoms with Crippen molar-refractivity contribution in [1.29, 1.82) is 0 Å². The van der Waals surface area contributed by atoms with Gasteiger partial charge in [0.05, 0.1) is 21.3 Å². The summed E-state index contributed by atoms with van der Waals surface area (Å²) in [6, 6.07) is 1.48. The van der Waals surface area contributed by atoms with Crippen molar-refractivity contribution in [1.82, 2.24) is 0 Å². The lowest BCUT2D eigenvalue weighted by Gasteiger charge is -2.09. The molecule has 0 atom stereocenters. The molecule has 0 aliphatic rings. The van der Waals surface area contributed by atoms with Crippen LogP contribution in [0.4, 0.5) is 18.9 Å². The Morgan fingerprint density at radius 3 is 1.82 bits per heavy atom. The van der Waals surface area contributed by atoms with E-state index in [0.29, 0.717) is 0 Å². The molecule has 0 heterocycles. The average Bonchev–Trinajstić information content (AvgIpc) is 2.10. The van der Waals surface area contributed by atoms with Crippen molar-refractivity contribution >= 4 is 34.9 Å². The molecule has 1 rings (SSSR count). The summed E-state index contributed by atoms with van der Waals surface area (Å²) >= 11 is 10.8. The van der Waals surface area contributed by atoms with Gasteiger partial charge in [-0.3, -0.25) is 4.79 Å². The molecule has 1 aromatic rings. The van der Waals surface area contributed by atoms with Crippen LogP contribution in [-0.2, 0) is 11.0 Å². The highest BCUT2D eigenvalue weighted by molar-refractivity contribution is 6.38. The molecule has 8 heteroatoms. The smallest absolute Gasteiger partial charge is 0.416 e. The van der Waals surface area contributed by atoms with Gasteiger partial charge in [-0.15, -0.1) is 0 Å². The monoisotopic (exact) mass is 289 g/mol. The lowest BCUT2D eigenvalue weighted by Crippen LogP contribution is -2.05. The Morgan fingerprint density at radius 2 is 1.59 bits per heavy atom. The number of benzene rings is 1. The van der Waals surface area contributed by atoms with E-state index in [0.717, 1.165) is 19.1 Å². The van der Waals surface area contributed by atoms with E-state index in [9.17, 15) is 13.2 Å². The number of alkyl halides is 3. The van der Waals surface area contributed by atoms with E-state index < -0.39 is 17.7 Å². The first-order chi connectivity index (χ1) is 7.55. The molecular weight excluding hydrogens is 282 g/mol. The first kappa shape index (κ1) is 15.9. The van der Waals surface area contributed by atoms with Gasteiger partial charge in [-0.2, -0.15) is 13.2 Å². The standard InChI is InChI=1S/C7H4Cl2F3N.C2H4O2/c8-4-1-3(7(10,11)12)2-5(9)6(4)13;1-2(3)4/h1-2H,13H2;1H3,(H,3,4). The van der Waals surface area contributed by atoms with E-state index in [1.165, 1.54) is 0 Å². The molecule has 17 heavy (non-hydrogen) atoms. The van der Waals surface area contributed by atoms with Gasteiger partial charge in [0.15, 0.2) is 0 Å². The minimum absolute atomic E-state index is 0.0451. The molecule has 0 unspecified atom stereocenters. The summed E-state index contributed by atoms with van der Waals surface area (Å²) in [4.78, 5) is 9.00. The zero-order chi connectivity index (χ0) is 13.8. The second-order valence-electron chi connectivity index (χ2n) is 2.87. The van der Waals surface area contributed by atoms with E-state index in [1.54, 1.807) is 0 Å². The molecule has 0 spiro atoms. The van der Waals surface area contributed by atoms with Gasteiger partial charge < -0.3 is 10.8 Å². The third kappa shape index (κ3) is 5.65. The average molecular weight is 290 g/mol. The third-order valence-corrected chi connectivity index (χ3v) is 2.03. The fraction of sp³-hybridized carbons (Fsp3) is 0.222. The van der Waals surface area contributed by atoms with Crippen LogP contribution in [0.5, 0.6) is 0 Å². The number of hydrogen-bond acceptors (Lipinski definition) is 2. The highest BCUT2D eigenvalue weighted by atomic mass is 35.5. The van der Waals surface area contributed by atoms with Crippen molar-refractivity contribution in [2.24, 2.45) is 0 Å². The number of carboxylic acid groups (broad SMARTS) is 1. The van der Waals surface area contributed by atoms with E-state index in [-0.39, 0.29) is 15.7 Å². The van der Waals surface area contributed by atoms with E-state index in [2.05, 4.69) is 0 Å². The fourth-order valence-electron chi connectivity index (χ4n) is 0.748. The van der Waals surface area contributed by atoms with Crippen molar-refractivity contribution in [2.75, 3.05) is 5.73 Å². The number of anilines is 1. The van der Waals surface area contributed by atoms with E-state index >= 15 is 0 Å². The summed E-state index contributed by atoms with van der Waals surface area (Å²) in [5, 5.41) is 7.03. The summed E-state index contributed by atoms with van der Waals surface area (Å²) in [7, 11) is 0. The molecule has 0 saturated carbocycles. The van der Waals surface area contributed by atoms with Crippen molar-refractivity contribution in [2.45, 2.75) is 13.1 Å². The normalized spacial score (nSPS) is 10.5. The number of carboxylic acids is 1. The molecule has 0 fully saturated rings. The summed E-state index contributed by atoms with van der Waals surface area (Å²) in [6.45, 7) is 1.08. The zero-order valence-corrected chi connectivity index (χ0v) is 9.99. The van der Waals surface area contributed by atoms with Gasteiger partial charge in [-0.1, -0.05) is 23.2 Å². The molecule has 3 nitrogen and oxygen atoms in total. The van der Waals surface area contributed by atoms with Crippen LogP contribution in [0, 0.1) is 0 Å². The number of carbonyl (C=O) groups is 1. The quantitative estimate of drug-likeness (QED) is 0.716. The zero-order valence-electron chi connectivity index (χ0n) is 8.48. The molecule has 3 N–H and O–H groups in total. The van der Waals surface area contributed by atoms with E-state index in [4.69, 9.17) is 38.8 Å². The van der Waals surface area contributed by atoms with Gasteiger partial charge >= 0.3 is 6.18 Å². The Balaban J connectivity index is 0.000000557. The SMILES string of the molecule is CC(=O)O.Nc1c(Cl)cc(C(F)(F)F)cc1Cl. The molecule has 0 aromatic heterocycles. The molecule has 1 aromatic carbocycles. The summed E-state index contributed by atoms with van der Waals surface area (Å²) in [6.07, 6.45) is -4.46. The highest BCUT2D eigenvalue weighted by Gasteiger charge is 2.31. The van der Waals surface area contributed by atoms with Gasteiger partial charge in [0.1, 0.15) is 0 Å². The maximum absolute atomic E-state index is 12.1. The molecule has 0 saturated heterocycles. The van der Waals surface area contributed by atoms with Gasteiger partial charge in [0, 0.05) is 6.92 Å². The van der Waals surface area contributed by atoms with Crippen LogP contribution in [0.1, 0.15) is 12.5 Å². The summed E-state index contributed by atoms with van der Waals surface area (Å²) in [5.41, 5.74) is 4.31. The number of rotatable bonds is 0. The maximum atomic E-state index is 12.1. The minimum Gasteiger partial charge on any atom is -0.481 e. The molecule has 0 aliphatic heterocycles. The lowest BCUT2D eigenvalue weighted by atomic mass is 10.2. The largest absolute Gasteiger partial charge is 0.481 e. The van der Waals surface area contributed by atoms with Gasteiger partial charge in [0.25, 0.3) is 5.97 Å². The first-order valence-electron chi connectivity index (χ1n) is 4.07. The number of nitrogens with two attached hydrogens (primary N) is 1. The van der Waals surface area contributed by atoms with Crippen molar-refractivity contribution in [3.8, 4) is 0 Å². The van der Waals surface area contributed by atoms with Crippen LogP contribution in [0.15, 0.2) is 12.1 Å². The van der Waals surface area contributed by atoms with Gasteiger partial charge in [-0.25, -0.2) is 0 Å². The lowest BCUT2D eigenvalue weighted by molar-refractivity contribution is -0.137. The van der Waals surface area contributed by atoms with Crippen LogP contribution in [0.2, 0.25) is 10.0 Å². The molecule has 0 radical (unpaired) electrons. The Morgan fingerprint density at radius 1 is 1.29 bits per heavy atom. The van der Waals surface area contributed by atoms with Crippen LogP contribution in [0.25, 0.3) is 0 Å². The van der Waals surface area contributed by atoms with Crippen molar-refractivity contribution in [3.05, 3.63) is 27.7 Å². The third-order valence-electron chi connectivity index (χ3n) is 1.41. The van der Waals surface area contributed by atoms with Crippen LogP contribution in [0.3, 0.4) is 0 Å². The topological polar surface area (TPSA) is 63.3 Å². The number of halogens is 5. The molecule has 96 valence electrons. The fourth-order valence-corrected chi connectivity index (χ4v) is 1.24. The predicted molar refractivity (Wildman–Crippen MR) is 59.2 cm³/mol. The Hall–Kier alpha value is -1.14. The van der Waals surface area contributed by atoms with Gasteiger partial charge in [-0.05, 0) is 12.1 Å². The molecule has 0 aliphatic carbocycles. The minimum atomic E-state index is -4.46. The first-order valence-corrected chi connectivity index (χ1v) is 4.82. The predicted octanol–water partition coefficient (Wildman–Crippen LogP) is 3.69.